The molecule has 0 spiro atoms. The van der Waals surface area contributed by atoms with E-state index in [0.717, 1.165) is 17.2 Å². The van der Waals surface area contributed by atoms with Crippen LogP contribution in [0, 0.1) is 5.92 Å². The average molecular weight is 267 g/mol. The summed E-state index contributed by atoms with van der Waals surface area (Å²) in [6.45, 7) is 4.75. The Morgan fingerprint density at radius 2 is 2.12 bits per heavy atom. The predicted molar refractivity (Wildman–Crippen MR) is 76.9 cm³/mol. The standard InChI is InChI=1S/C14H21NS2/c1-9-3-4-11(7-9)15-13-8-10(2)17-14-12(13)5-6-16-14/h5-6,9-11,13,15H,3-4,7-8H2,1-2H3/t9?,10-,11?,13?/m0/s1. The lowest BCUT2D eigenvalue weighted by Gasteiger charge is -2.30. The molecule has 1 aromatic rings. The van der Waals surface area contributed by atoms with Crippen molar-refractivity contribution in [3.63, 3.8) is 0 Å². The van der Waals surface area contributed by atoms with Crippen molar-refractivity contribution in [2.75, 3.05) is 0 Å². The molecule has 94 valence electrons. The lowest BCUT2D eigenvalue weighted by molar-refractivity contribution is 0.406. The Balaban J connectivity index is 1.71. The quantitative estimate of drug-likeness (QED) is 0.849. The van der Waals surface area contributed by atoms with Crippen LogP contribution in [0.25, 0.3) is 0 Å². The second kappa shape index (κ2) is 4.94. The molecular formula is C14H21NS2. The van der Waals surface area contributed by atoms with E-state index in [1.54, 1.807) is 9.77 Å². The van der Waals surface area contributed by atoms with Crippen LogP contribution in [-0.4, -0.2) is 11.3 Å². The van der Waals surface area contributed by atoms with Gasteiger partial charge in [0, 0.05) is 17.3 Å². The Hall–Kier alpha value is 0.0100. The van der Waals surface area contributed by atoms with Gasteiger partial charge in [-0.25, -0.2) is 0 Å². The van der Waals surface area contributed by atoms with E-state index in [1.807, 2.05) is 11.3 Å². The molecule has 4 atom stereocenters. The second-order valence-corrected chi connectivity index (χ2v) is 8.29. The molecule has 0 saturated heterocycles. The molecular weight excluding hydrogens is 246 g/mol. The monoisotopic (exact) mass is 267 g/mol. The summed E-state index contributed by atoms with van der Waals surface area (Å²) in [7, 11) is 0. The smallest absolute Gasteiger partial charge is 0.0649 e. The van der Waals surface area contributed by atoms with E-state index in [1.165, 1.54) is 25.7 Å². The lowest BCUT2D eigenvalue weighted by Crippen LogP contribution is -2.33. The minimum atomic E-state index is 0.614. The molecule has 1 aromatic heterocycles. The molecule has 0 bridgehead atoms. The van der Waals surface area contributed by atoms with Crippen LogP contribution in [0.5, 0.6) is 0 Å². The Morgan fingerprint density at radius 3 is 2.88 bits per heavy atom. The van der Waals surface area contributed by atoms with Crippen LogP contribution in [0.4, 0.5) is 0 Å². The highest BCUT2D eigenvalue weighted by Gasteiger charge is 2.30. The SMILES string of the molecule is CC1CCC(NC2C[C@H](C)Sc3sccc32)C1. The molecule has 1 aliphatic heterocycles. The fourth-order valence-corrected chi connectivity index (χ4v) is 5.72. The number of fused-ring (bicyclic) bond motifs is 1. The van der Waals surface area contributed by atoms with E-state index in [4.69, 9.17) is 0 Å². The van der Waals surface area contributed by atoms with Gasteiger partial charge in [-0.1, -0.05) is 13.8 Å². The van der Waals surface area contributed by atoms with Gasteiger partial charge in [0.15, 0.2) is 0 Å². The summed E-state index contributed by atoms with van der Waals surface area (Å²) < 4.78 is 1.55. The number of thiophene rings is 1. The van der Waals surface area contributed by atoms with Gasteiger partial charge in [-0.3, -0.25) is 0 Å². The fourth-order valence-electron chi connectivity index (χ4n) is 3.15. The van der Waals surface area contributed by atoms with Gasteiger partial charge in [0.05, 0.1) is 4.21 Å². The topological polar surface area (TPSA) is 12.0 Å². The van der Waals surface area contributed by atoms with E-state index < -0.39 is 0 Å². The first-order chi connectivity index (χ1) is 8.22. The number of hydrogen-bond donors (Lipinski definition) is 1. The molecule has 2 heterocycles. The van der Waals surface area contributed by atoms with Gasteiger partial charge in [-0.2, -0.15) is 0 Å². The average Bonchev–Trinajstić information content (AvgIpc) is 2.87. The molecule has 3 unspecified atom stereocenters. The minimum Gasteiger partial charge on any atom is -0.307 e. The molecule has 3 heteroatoms. The molecule has 1 nitrogen and oxygen atoms in total. The van der Waals surface area contributed by atoms with Crippen molar-refractivity contribution in [1.82, 2.24) is 5.32 Å². The first-order valence-electron chi connectivity index (χ1n) is 6.72. The molecule has 17 heavy (non-hydrogen) atoms. The van der Waals surface area contributed by atoms with E-state index in [-0.39, 0.29) is 0 Å². The molecule has 0 amide bonds. The molecule has 1 N–H and O–H groups in total. The zero-order chi connectivity index (χ0) is 11.8. The largest absolute Gasteiger partial charge is 0.307 e. The zero-order valence-electron chi connectivity index (χ0n) is 10.6. The third kappa shape index (κ3) is 2.56. The van der Waals surface area contributed by atoms with Gasteiger partial charge in [0.1, 0.15) is 0 Å². The van der Waals surface area contributed by atoms with Gasteiger partial charge >= 0.3 is 0 Å². The number of hydrogen-bond acceptors (Lipinski definition) is 3. The summed E-state index contributed by atoms with van der Waals surface area (Å²) >= 11 is 3.97. The van der Waals surface area contributed by atoms with Crippen molar-refractivity contribution in [2.24, 2.45) is 5.92 Å². The summed E-state index contributed by atoms with van der Waals surface area (Å²) in [5.41, 5.74) is 1.57. The number of thioether (sulfide) groups is 1. The number of rotatable bonds is 2. The lowest BCUT2D eigenvalue weighted by atomic mass is 10.0. The van der Waals surface area contributed by atoms with Crippen molar-refractivity contribution in [3.8, 4) is 0 Å². The van der Waals surface area contributed by atoms with E-state index in [0.29, 0.717) is 6.04 Å². The van der Waals surface area contributed by atoms with Crippen molar-refractivity contribution < 1.29 is 0 Å². The van der Waals surface area contributed by atoms with Crippen LogP contribution in [0.2, 0.25) is 0 Å². The Morgan fingerprint density at radius 1 is 1.24 bits per heavy atom. The molecule has 1 aliphatic carbocycles. The van der Waals surface area contributed by atoms with Gasteiger partial charge in [0.2, 0.25) is 0 Å². The Labute approximate surface area is 112 Å². The normalized spacial score (nSPS) is 37.1. The molecule has 1 saturated carbocycles. The van der Waals surface area contributed by atoms with Crippen molar-refractivity contribution in [3.05, 3.63) is 17.0 Å². The van der Waals surface area contributed by atoms with Gasteiger partial charge < -0.3 is 5.32 Å². The van der Waals surface area contributed by atoms with Crippen LogP contribution < -0.4 is 5.32 Å². The van der Waals surface area contributed by atoms with Crippen LogP contribution in [0.1, 0.15) is 51.1 Å². The van der Waals surface area contributed by atoms with E-state index in [2.05, 4.69) is 42.4 Å². The number of nitrogens with one attached hydrogen (secondary N) is 1. The van der Waals surface area contributed by atoms with Crippen LogP contribution in [-0.2, 0) is 0 Å². The first-order valence-corrected chi connectivity index (χ1v) is 8.48. The highest BCUT2D eigenvalue weighted by Crippen LogP contribution is 2.44. The van der Waals surface area contributed by atoms with E-state index >= 15 is 0 Å². The highest BCUT2D eigenvalue weighted by atomic mass is 32.2. The molecule has 0 radical (unpaired) electrons. The van der Waals surface area contributed by atoms with Crippen LogP contribution in [0.15, 0.2) is 15.7 Å². The Kier molecular flexibility index (Phi) is 3.51. The van der Waals surface area contributed by atoms with Gasteiger partial charge in [-0.05, 0) is 48.6 Å². The van der Waals surface area contributed by atoms with E-state index in [9.17, 15) is 0 Å². The van der Waals surface area contributed by atoms with Crippen LogP contribution in [0.3, 0.4) is 0 Å². The fraction of sp³-hybridized carbons (Fsp3) is 0.714. The summed E-state index contributed by atoms with van der Waals surface area (Å²) in [4.78, 5) is 0. The van der Waals surface area contributed by atoms with Gasteiger partial charge in [0.25, 0.3) is 0 Å². The molecule has 1 fully saturated rings. The molecule has 3 rings (SSSR count). The summed E-state index contributed by atoms with van der Waals surface area (Å²) in [6.07, 6.45) is 5.45. The first kappa shape index (κ1) is 12.1. The highest BCUT2D eigenvalue weighted by molar-refractivity contribution is 8.01. The zero-order valence-corrected chi connectivity index (χ0v) is 12.2. The third-order valence-electron chi connectivity index (χ3n) is 4.04. The molecule has 0 aromatic carbocycles. The molecule has 2 aliphatic rings. The van der Waals surface area contributed by atoms with Crippen molar-refractivity contribution in [2.45, 2.75) is 61.1 Å². The van der Waals surface area contributed by atoms with Crippen LogP contribution >= 0.6 is 23.1 Å². The summed E-state index contributed by atoms with van der Waals surface area (Å²) in [5, 5.41) is 6.93. The maximum atomic E-state index is 3.91. The predicted octanol–water partition coefficient (Wildman–Crippen LogP) is 4.45. The van der Waals surface area contributed by atoms with Crippen molar-refractivity contribution in [1.29, 1.82) is 0 Å². The summed E-state index contributed by atoms with van der Waals surface area (Å²) in [5.74, 6) is 0.921. The van der Waals surface area contributed by atoms with Gasteiger partial charge in [-0.15, -0.1) is 23.1 Å². The summed E-state index contributed by atoms with van der Waals surface area (Å²) in [6, 6.07) is 3.70. The Bertz CT molecular complexity index is 387. The maximum absolute atomic E-state index is 3.91. The third-order valence-corrected chi connectivity index (χ3v) is 6.39. The minimum absolute atomic E-state index is 0.614. The second-order valence-electron chi connectivity index (χ2n) is 5.66. The van der Waals surface area contributed by atoms with Crippen molar-refractivity contribution >= 4 is 23.1 Å². The maximum Gasteiger partial charge on any atom is 0.0649 e.